The van der Waals surface area contributed by atoms with Gasteiger partial charge in [0.25, 0.3) is 10.0 Å². The summed E-state index contributed by atoms with van der Waals surface area (Å²) in [5.74, 6) is 0.219. The van der Waals surface area contributed by atoms with Crippen LogP contribution in [0.3, 0.4) is 0 Å². The van der Waals surface area contributed by atoms with Crippen LogP contribution in [0.4, 0.5) is 11.4 Å². The van der Waals surface area contributed by atoms with Gasteiger partial charge in [-0.1, -0.05) is 32.0 Å². The first-order valence-electron chi connectivity index (χ1n) is 10.1. The van der Waals surface area contributed by atoms with Crippen molar-refractivity contribution in [2.24, 2.45) is 0 Å². The second-order valence-corrected chi connectivity index (χ2v) is 10.9. The molecule has 1 heterocycles. The standard InChI is InChI=1S/C21H28N2O5S2/c1-4-16-9-8-10-17(5-2)21(16)22-30(26,27)20-15-18(11-12-19(20)28-3)23-13-6-7-14-29(23,24)25/h8-12,15,22H,4-7,13-14H2,1-3H3. The zero-order valence-electron chi connectivity index (χ0n) is 17.5. The van der Waals surface area contributed by atoms with Crippen molar-refractivity contribution < 1.29 is 21.6 Å². The van der Waals surface area contributed by atoms with Crippen LogP contribution in [0.5, 0.6) is 5.75 Å². The Balaban J connectivity index is 2.08. The maximum atomic E-state index is 13.4. The highest BCUT2D eigenvalue weighted by molar-refractivity contribution is 7.93. The zero-order valence-corrected chi connectivity index (χ0v) is 19.1. The maximum absolute atomic E-state index is 13.4. The summed E-state index contributed by atoms with van der Waals surface area (Å²) in [6, 6.07) is 10.2. The van der Waals surface area contributed by atoms with E-state index in [2.05, 4.69) is 4.72 Å². The minimum absolute atomic E-state index is 0.0586. The molecule has 0 spiro atoms. The molecule has 0 saturated carbocycles. The summed E-state index contributed by atoms with van der Waals surface area (Å²) in [6.07, 6.45) is 2.69. The monoisotopic (exact) mass is 452 g/mol. The molecule has 30 heavy (non-hydrogen) atoms. The average molecular weight is 453 g/mol. The molecule has 0 atom stereocenters. The number of nitrogens with zero attached hydrogens (tertiary/aromatic N) is 1. The molecule has 0 radical (unpaired) electrons. The molecular weight excluding hydrogens is 424 g/mol. The molecule has 9 heteroatoms. The molecule has 1 N–H and O–H groups in total. The van der Waals surface area contributed by atoms with Gasteiger partial charge < -0.3 is 4.74 Å². The SMILES string of the molecule is CCc1cccc(CC)c1NS(=O)(=O)c1cc(N2CCCCS2(=O)=O)ccc1OC. The van der Waals surface area contributed by atoms with E-state index in [1.54, 1.807) is 6.07 Å². The van der Waals surface area contributed by atoms with Crippen LogP contribution in [0.2, 0.25) is 0 Å². The Kier molecular flexibility index (Phi) is 6.62. The largest absolute Gasteiger partial charge is 0.495 e. The lowest BCUT2D eigenvalue weighted by Crippen LogP contribution is -2.37. The molecular formula is C21H28N2O5S2. The topological polar surface area (TPSA) is 92.8 Å². The summed E-state index contributed by atoms with van der Waals surface area (Å²) in [4.78, 5) is -0.0868. The molecule has 0 amide bonds. The predicted octanol–water partition coefficient (Wildman–Crippen LogP) is 3.55. The van der Waals surface area contributed by atoms with Gasteiger partial charge in [0, 0.05) is 6.54 Å². The summed E-state index contributed by atoms with van der Waals surface area (Å²) >= 11 is 0. The van der Waals surface area contributed by atoms with Crippen molar-refractivity contribution in [1.82, 2.24) is 0 Å². The van der Waals surface area contributed by atoms with Gasteiger partial charge in [-0.05, 0) is 55.0 Å². The smallest absolute Gasteiger partial charge is 0.265 e. The van der Waals surface area contributed by atoms with E-state index < -0.39 is 20.0 Å². The van der Waals surface area contributed by atoms with Gasteiger partial charge in [0.1, 0.15) is 10.6 Å². The van der Waals surface area contributed by atoms with Crippen LogP contribution in [-0.4, -0.2) is 36.2 Å². The van der Waals surface area contributed by atoms with Crippen LogP contribution in [0, 0.1) is 0 Å². The molecule has 1 saturated heterocycles. The van der Waals surface area contributed by atoms with Crippen molar-refractivity contribution in [3.8, 4) is 5.75 Å². The van der Waals surface area contributed by atoms with Gasteiger partial charge in [-0.15, -0.1) is 0 Å². The quantitative estimate of drug-likeness (QED) is 0.693. The van der Waals surface area contributed by atoms with E-state index in [9.17, 15) is 16.8 Å². The number of anilines is 2. The fourth-order valence-electron chi connectivity index (χ4n) is 3.67. The first-order chi connectivity index (χ1) is 14.2. The highest BCUT2D eigenvalue weighted by Crippen LogP contribution is 2.34. The normalized spacial score (nSPS) is 16.3. The first-order valence-corrected chi connectivity index (χ1v) is 13.1. The highest BCUT2D eigenvalue weighted by atomic mass is 32.2. The van der Waals surface area contributed by atoms with Crippen molar-refractivity contribution >= 4 is 31.4 Å². The Morgan fingerprint density at radius 2 is 1.73 bits per heavy atom. The van der Waals surface area contributed by atoms with Crippen LogP contribution in [0.25, 0.3) is 0 Å². The lowest BCUT2D eigenvalue weighted by Gasteiger charge is -2.29. The minimum Gasteiger partial charge on any atom is -0.495 e. The van der Waals surface area contributed by atoms with Gasteiger partial charge in [-0.25, -0.2) is 16.8 Å². The van der Waals surface area contributed by atoms with Gasteiger partial charge in [-0.3, -0.25) is 9.03 Å². The fraction of sp³-hybridized carbons (Fsp3) is 0.429. The molecule has 164 valence electrons. The Bertz CT molecular complexity index is 1110. The third kappa shape index (κ3) is 4.41. The molecule has 1 fully saturated rings. The number of aryl methyl sites for hydroxylation is 2. The molecule has 0 aliphatic carbocycles. The van der Waals surface area contributed by atoms with Gasteiger partial charge in [0.2, 0.25) is 10.0 Å². The predicted molar refractivity (Wildman–Crippen MR) is 119 cm³/mol. The molecule has 0 unspecified atom stereocenters. The highest BCUT2D eigenvalue weighted by Gasteiger charge is 2.29. The van der Waals surface area contributed by atoms with E-state index in [1.807, 2.05) is 32.0 Å². The van der Waals surface area contributed by atoms with E-state index in [-0.39, 0.29) is 16.4 Å². The lowest BCUT2D eigenvalue weighted by molar-refractivity contribution is 0.403. The molecule has 7 nitrogen and oxygen atoms in total. The summed E-state index contributed by atoms with van der Waals surface area (Å²) in [6.45, 7) is 4.27. The van der Waals surface area contributed by atoms with Crippen molar-refractivity contribution in [2.45, 2.75) is 44.4 Å². The second-order valence-electron chi connectivity index (χ2n) is 7.19. The Morgan fingerprint density at radius 1 is 1.07 bits per heavy atom. The number of ether oxygens (including phenoxy) is 1. The second kappa shape index (κ2) is 8.85. The summed E-state index contributed by atoms with van der Waals surface area (Å²) in [5, 5.41) is 0. The number of methoxy groups -OCH3 is 1. The van der Waals surface area contributed by atoms with Crippen LogP contribution >= 0.6 is 0 Å². The molecule has 0 aromatic heterocycles. The van der Waals surface area contributed by atoms with E-state index >= 15 is 0 Å². The van der Waals surface area contributed by atoms with E-state index in [0.29, 0.717) is 37.2 Å². The third-order valence-corrected chi connectivity index (χ3v) is 8.55. The van der Waals surface area contributed by atoms with Gasteiger partial charge in [0.15, 0.2) is 0 Å². The summed E-state index contributed by atoms with van der Waals surface area (Å²) in [5.41, 5.74) is 2.69. The summed E-state index contributed by atoms with van der Waals surface area (Å²) < 4.78 is 61.0. The molecule has 3 rings (SSSR count). The van der Waals surface area contributed by atoms with Crippen LogP contribution in [-0.2, 0) is 32.9 Å². The molecule has 1 aliphatic heterocycles. The van der Waals surface area contributed by atoms with Gasteiger partial charge in [0.05, 0.1) is 24.2 Å². The van der Waals surface area contributed by atoms with E-state index in [4.69, 9.17) is 4.74 Å². The van der Waals surface area contributed by atoms with Crippen molar-refractivity contribution in [3.63, 3.8) is 0 Å². The number of rotatable bonds is 7. The molecule has 0 bridgehead atoms. The number of nitrogens with one attached hydrogen (secondary N) is 1. The molecule has 1 aliphatic rings. The Hall–Kier alpha value is -2.26. The Morgan fingerprint density at radius 3 is 2.30 bits per heavy atom. The van der Waals surface area contributed by atoms with Gasteiger partial charge >= 0.3 is 0 Å². The first kappa shape index (κ1) is 22.4. The van der Waals surface area contributed by atoms with Crippen LogP contribution in [0.1, 0.15) is 37.8 Å². The number of para-hydroxylation sites is 1. The Labute approximate surface area is 179 Å². The maximum Gasteiger partial charge on any atom is 0.265 e. The third-order valence-electron chi connectivity index (χ3n) is 5.31. The number of benzene rings is 2. The van der Waals surface area contributed by atoms with Crippen LogP contribution < -0.4 is 13.8 Å². The van der Waals surface area contributed by atoms with Crippen molar-refractivity contribution in [3.05, 3.63) is 47.5 Å². The number of hydrogen-bond donors (Lipinski definition) is 1. The van der Waals surface area contributed by atoms with Gasteiger partial charge in [-0.2, -0.15) is 0 Å². The lowest BCUT2D eigenvalue weighted by atomic mass is 10.0. The molecule has 2 aromatic rings. The van der Waals surface area contributed by atoms with Crippen molar-refractivity contribution in [2.75, 3.05) is 28.4 Å². The number of hydrogen-bond acceptors (Lipinski definition) is 5. The van der Waals surface area contributed by atoms with E-state index in [0.717, 1.165) is 17.5 Å². The minimum atomic E-state index is -4.02. The zero-order chi connectivity index (χ0) is 21.9. The number of sulfonamides is 2. The van der Waals surface area contributed by atoms with Crippen molar-refractivity contribution in [1.29, 1.82) is 0 Å². The average Bonchev–Trinajstić information content (AvgIpc) is 2.73. The van der Waals surface area contributed by atoms with Crippen LogP contribution in [0.15, 0.2) is 41.3 Å². The molecule has 2 aromatic carbocycles. The fourth-order valence-corrected chi connectivity index (χ4v) is 6.64. The summed E-state index contributed by atoms with van der Waals surface area (Å²) in [7, 11) is -6.09. The van der Waals surface area contributed by atoms with E-state index in [1.165, 1.54) is 23.5 Å².